The van der Waals surface area contributed by atoms with Crippen molar-refractivity contribution in [2.75, 3.05) is 11.5 Å². The molecule has 0 saturated heterocycles. The van der Waals surface area contributed by atoms with Crippen molar-refractivity contribution in [3.05, 3.63) is 59.3 Å². The number of nitro benzene ring substituents is 1. The van der Waals surface area contributed by atoms with Gasteiger partial charge in [0.05, 0.1) is 32.7 Å². The van der Waals surface area contributed by atoms with Gasteiger partial charge in [-0.2, -0.15) is 0 Å². The first kappa shape index (κ1) is 19.3. The zero-order valence-corrected chi connectivity index (χ0v) is 15.7. The van der Waals surface area contributed by atoms with Crippen molar-refractivity contribution in [3.8, 4) is 0 Å². The monoisotopic (exact) mass is 425 g/mol. The van der Waals surface area contributed by atoms with Gasteiger partial charge in [-0.15, -0.1) is 0 Å². The van der Waals surface area contributed by atoms with E-state index in [-0.39, 0.29) is 21.9 Å². The van der Waals surface area contributed by atoms with Crippen molar-refractivity contribution in [2.45, 2.75) is 0 Å². The topological polar surface area (TPSA) is 182 Å². The van der Waals surface area contributed by atoms with Gasteiger partial charge in [-0.25, -0.2) is 9.59 Å². The van der Waals surface area contributed by atoms with Gasteiger partial charge in [0.2, 0.25) is 0 Å². The molecule has 11 nitrogen and oxygen atoms in total. The third-order valence-electron chi connectivity index (χ3n) is 3.93. The molecule has 0 amide bonds. The molecule has 7 N–H and O–H groups in total. The zero-order valence-electron chi connectivity index (χ0n) is 14.2. The Bertz CT molecular complexity index is 1350. The second kappa shape index (κ2) is 6.94. The van der Waals surface area contributed by atoms with Gasteiger partial charge >= 0.3 is 17.1 Å². The van der Waals surface area contributed by atoms with E-state index in [1.165, 1.54) is 10.6 Å². The number of nitrogens with one attached hydrogen (secondary N) is 3. The molecule has 28 heavy (non-hydrogen) atoms. The number of nitrogens with zero attached hydrogens (tertiary/aromatic N) is 2. The molecule has 2 aromatic heterocycles. The molecule has 0 atom stereocenters. The summed E-state index contributed by atoms with van der Waals surface area (Å²) in [6.45, 7) is 0. The predicted molar refractivity (Wildman–Crippen MR) is 108 cm³/mol. The van der Waals surface area contributed by atoms with E-state index in [2.05, 4.69) is 15.0 Å². The molecule has 0 bridgehead atoms. The normalized spacial score (nSPS) is 10.8. The van der Waals surface area contributed by atoms with Gasteiger partial charge in [0.15, 0.2) is 0 Å². The molecule has 13 heteroatoms. The summed E-state index contributed by atoms with van der Waals surface area (Å²) in [4.78, 5) is 39.5. The van der Waals surface area contributed by atoms with Crippen LogP contribution in [0.25, 0.3) is 22.1 Å². The van der Waals surface area contributed by atoms with Gasteiger partial charge in [0.1, 0.15) is 10.7 Å². The van der Waals surface area contributed by atoms with E-state index in [9.17, 15) is 19.7 Å². The second-order valence-corrected chi connectivity index (χ2v) is 6.58. The molecule has 0 aliphatic heterocycles. The number of nitrogen functional groups attached to an aromatic ring is 2. The van der Waals surface area contributed by atoms with Gasteiger partial charge in [-0.05, 0) is 18.2 Å². The van der Waals surface area contributed by atoms with Crippen molar-refractivity contribution in [1.29, 1.82) is 0 Å². The van der Waals surface area contributed by atoms with Crippen LogP contribution in [0.15, 0.2) is 27.8 Å². The summed E-state index contributed by atoms with van der Waals surface area (Å²) >= 11 is 11.5. The lowest BCUT2D eigenvalue weighted by Gasteiger charge is -1.99. The third kappa shape index (κ3) is 3.28. The number of nitrogens with two attached hydrogens (primary N) is 2. The summed E-state index contributed by atoms with van der Waals surface area (Å²) in [7, 11) is 1.66. The largest absolute Gasteiger partial charge is 0.397 e. The lowest BCUT2D eigenvalue weighted by molar-refractivity contribution is -0.383. The average Bonchev–Trinajstić information content (AvgIpc) is 3.07. The summed E-state index contributed by atoms with van der Waals surface area (Å²) < 4.78 is 1.46. The smallest absolute Gasteiger partial charge is 0.326 e. The van der Waals surface area contributed by atoms with Crippen LogP contribution >= 0.6 is 23.2 Å². The number of rotatable bonds is 1. The molecular weight excluding hydrogens is 413 g/mol. The minimum Gasteiger partial charge on any atom is -0.397 e. The summed E-state index contributed by atoms with van der Waals surface area (Å²) in [6.07, 6.45) is 0. The number of H-pyrrole nitrogens is 3. The number of nitro groups is 1. The first-order valence-electron chi connectivity index (χ1n) is 7.58. The number of imidazole rings is 2. The molecule has 0 unspecified atom stereocenters. The lowest BCUT2D eigenvalue weighted by Crippen LogP contribution is -2.12. The molecular formula is C15H13Cl2N7O4. The van der Waals surface area contributed by atoms with Gasteiger partial charge in [-0.1, -0.05) is 23.2 Å². The van der Waals surface area contributed by atoms with Crippen molar-refractivity contribution in [1.82, 2.24) is 19.5 Å². The van der Waals surface area contributed by atoms with Crippen LogP contribution in [-0.4, -0.2) is 24.4 Å². The van der Waals surface area contributed by atoms with Crippen LogP contribution in [-0.2, 0) is 7.05 Å². The van der Waals surface area contributed by atoms with Crippen molar-refractivity contribution in [2.24, 2.45) is 7.05 Å². The quantitative estimate of drug-likeness (QED) is 0.176. The minimum atomic E-state index is -0.692. The van der Waals surface area contributed by atoms with Gasteiger partial charge < -0.3 is 26.4 Å². The Morgan fingerprint density at radius 2 is 1.71 bits per heavy atom. The van der Waals surface area contributed by atoms with E-state index in [4.69, 9.17) is 34.7 Å². The highest BCUT2D eigenvalue weighted by Crippen LogP contribution is 2.35. The highest BCUT2D eigenvalue weighted by Gasteiger charge is 2.21. The van der Waals surface area contributed by atoms with Crippen LogP contribution in [0.4, 0.5) is 17.1 Å². The van der Waals surface area contributed by atoms with Crippen LogP contribution in [0.3, 0.4) is 0 Å². The number of aromatic nitrogens is 4. The Balaban J connectivity index is 0.000000162. The van der Waals surface area contributed by atoms with Crippen LogP contribution in [0.2, 0.25) is 10.0 Å². The number of aromatic amines is 3. The van der Waals surface area contributed by atoms with Gasteiger partial charge in [-0.3, -0.25) is 14.7 Å². The summed E-state index contributed by atoms with van der Waals surface area (Å²) in [5.41, 5.74) is 12.3. The molecule has 4 aromatic rings. The fraction of sp³-hybridized carbons (Fsp3) is 0.0667. The highest BCUT2D eigenvalue weighted by molar-refractivity contribution is 6.37. The Kier molecular flexibility index (Phi) is 4.79. The minimum absolute atomic E-state index is 0.0900. The molecule has 4 rings (SSSR count). The SMILES string of the molecule is Cn1c(=O)[nH]c2cc(Cl)cc(N)c21.Nc1cc2[nH]c(=O)[nH]c2c(Cl)c1[N+](=O)[O-]. The van der Waals surface area contributed by atoms with E-state index in [1.54, 1.807) is 19.2 Å². The fourth-order valence-electron chi connectivity index (χ4n) is 2.72. The number of hydrogen-bond acceptors (Lipinski definition) is 6. The molecule has 0 aliphatic rings. The van der Waals surface area contributed by atoms with Crippen molar-refractivity contribution in [3.63, 3.8) is 0 Å². The Morgan fingerprint density at radius 1 is 1.04 bits per heavy atom. The van der Waals surface area contributed by atoms with E-state index < -0.39 is 16.3 Å². The molecule has 2 heterocycles. The summed E-state index contributed by atoms with van der Waals surface area (Å²) in [6, 6.07) is 4.59. The highest BCUT2D eigenvalue weighted by atomic mass is 35.5. The molecule has 2 aromatic carbocycles. The standard InChI is InChI=1S/C8H8ClN3O.C7H5ClN4O3/c1-12-7-5(10)2-4(9)3-6(7)11-8(12)13;8-4-5-3(10-7(13)11-5)1-2(9)6(4)12(14)15/h2-3H,10H2,1H3,(H,11,13);1H,9H2,(H2,10,11,13). The fourth-order valence-corrected chi connectivity index (χ4v) is 3.28. The second-order valence-electron chi connectivity index (χ2n) is 5.77. The van der Waals surface area contributed by atoms with Crippen LogP contribution in [0.1, 0.15) is 0 Å². The van der Waals surface area contributed by atoms with Crippen LogP contribution < -0.4 is 22.8 Å². The molecule has 0 spiro atoms. The average molecular weight is 426 g/mol. The molecule has 0 radical (unpaired) electrons. The third-order valence-corrected chi connectivity index (χ3v) is 4.51. The number of hydrogen-bond donors (Lipinski definition) is 5. The van der Waals surface area contributed by atoms with E-state index in [0.29, 0.717) is 27.3 Å². The molecule has 0 aliphatic carbocycles. The predicted octanol–water partition coefficient (Wildman–Crippen LogP) is 2.10. The lowest BCUT2D eigenvalue weighted by atomic mass is 10.2. The maximum atomic E-state index is 11.2. The molecule has 146 valence electrons. The Hall–Kier alpha value is -3.44. The Morgan fingerprint density at radius 3 is 2.36 bits per heavy atom. The molecule has 0 saturated carbocycles. The van der Waals surface area contributed by atoms with E-state index in [0.717, 1.165) is 0 Å². The van der Waals surface area contributed by atoms with E-state index >= 15 is 0 Å². The number of aryl methyl sites for hydroxylation is 1. The molecule has 0 fully saturated rings. The maximum absolute atomic E-state index is 11.2. The number of fused-ring (bicyclic) bond motifs is 2. The van der Waals surface area contributed by atoms with Crippen molar-refractivity contribution < 1.29 is 4.92 Å². The first-order chi connectivity index (χ1) is 13.1. The van der Waals surface area contributed by atoms with E-state index in [1.807, 2.05) is 0 Å². The van der Waals surface area contributed by atoms with Crippen LogP contribution in [0, 0.1) is 10.1 Å². The first-order valence-corrected chi connectivity index (χ1v) is 8.33. The summed E-state index contributed by atoms with van der Waals surface area (Å²) in [5.74, 6) is 0. The summed E-state index contributed by atoms with van der Waals surface area (Å²) in [5, 5.41) is 11.0. The van der Waals surface area contributed by atoms with Gasteiger partial charge in [0, 0.05) is 12.1 Å². The Labute approximate surface area is 165 Å². The number of anilines is 2. The maximum Gasteiger partial charge on any atom is 0.326 e. The number of benzene rings is 2. The van der Waals surface area contributed by atoms with Crippen LogP contribution in [0.5, 0.6) is 0 Å². The zero-order chi connectivity index (χ0) is 20.7. The number of halogens is 2. The van der Waals surface area contributed by atoms with Gasteiger partial charge in [0.25, 0.3) is 0 Å². The van der Waals surface area contributed by atoms with Crippen molar-refractivity contribution >= 4 is 62.3 Å².